The number of carbonyl (C=O) groups excluding carboxylic acids is 2. The van der Waals surface area contributed by atoms with Crippen molar-refractivity contribution < 1.29 is 14.3 Å². The van der Waals surface area contributed by atoms with E-state index in [9.17, 15) is 9.59 Å². The molecule has 0 fully saturated rings. The second kappa shape index (κ2) is 5.58. The van der Waals surface area contributed by atoms with Gasteiger partial charge in [0.1, 0.15) is 0 Å². The van der Waals surface area contributed by atoms with E-state index < -0.39 is 0 Å². The van der Waals surface area contributed by atoms with Crippen molar-refractivity contribution in [2.24, 2.45) is 0 Å². The summed E-state index contributed by atoms with van der Waals surface area (Å²) in [5.74, 6) is -0.461. The van der Waals surface area contributed by atoms with E-state index in [1.54, 1.807) is 19.2 Å². The third-order valence-electron chi connectivity index (χ3n) is 3.62. The van der Waals surface area contributed by atoms with E-state index in [4.69, 9.17) is 4.74 Å². The normalized spacial score (nSPS) is 14.1. The molecule has 0 N–H and O–H groups in total. The Kier molecular flexibility index (Phi) is 3.78. The highest BCUT2D eigenvalue weighted by atomic mass is 79.9. The average molecular weight is 348 g/mol. The molecular formula is C16H14BrNO3. The van der Waals surface area contributed by atoms with Gasteiger partial charge < -0.3 is 4.74 Å². The monoisotopic (exact) mass is 347 g/mol. The minimum atomic E-state index is -0.235. The number of methoxy groups -OCH3 is 1. The van der Waals surface area contributed by atoms with Crippen molar-refractivity contribution in [3.8, 4) is 0 Å². The SMILES string of the molecule is COCCCN1C(=O)c2cccc3cc(Br)cc(c23)C1=O. The fourth-order valence-corrected chi connectivity index (χ4v) is 3.17. The van der Waals surface area contributed by atoms with Crippen molar-refractivity contribution in [3.05, 3.63) is 45.9 Å². The summed E-state index contributed by atoms with van der Waals surface area (Å²) in [4.78, 5) is 26.5. The number of carbonyl (C=O) groups is 2. The smallest absolute Gasteiger partial charge is 0.261 e. The van der Waals surface area contributed by atoms with Crippen LogP contribution in [0.15, 0.2) is 34.8 Å². The summed E-state index contributed by atoms with van der Waals surface area (Å²) in [7, 11) is 1.60. The van der Waals surface area contributed by atoms with E-state index in [1.807, 2.05) is 18.2 Å². The number of rotatable bonds is 4. The van der Waals surface area contributed by atoms with Crippen LogP contribution in [0.25, 0.3) is 10.8 Å². The van der Waals surface area contributed by atoms with Gasteiger partial charge in [0, 0.05) is 41.2 Å². The molecule has 2 amide bonds. The first-order chi connectivity index (χ1) is 10.1. The van der Waals surface area contributed by atoms with E-state index in [0.717, 1.165) is 15.2 Å². The van der Waals surface area contributed by atoms with Crippen LogP contribution in [0, 0.1) is 0 Å². The second-order valence-corrected chi connectivity index (χ2v) is 5.88. The number of hydrogen-bond donors (Lipinski definition) is 0. The van der Waals surface area contributed by atoms with Gasteiger partial charge in [-0.05, 0) is 30.0 Å². The third-order valence-corrected chi connectivity index (χ3v) is 4.08. The predicted molar refractivity (Wildman–Crippen MR) is 83.5 cm³/mol. The lowest BCUT2D eigenvalue weighted by Crippen LogP contribution is -2.41. The Bertz CT molecular complexity index is 742. The number of nitrogens with zero attached hydrogens (tertiary/aromatic N) is 1. The van der Waals surface area contributed by atoms with Gasteiger partial charge in [-0.25, -0.2) is 0 Å². The van der Waals surface area contributed by atoms with Gasteiger partial charge in [-0.1, -0.05) is 28.1 Å². The van der Waals surface area contributed by atoms with Crippen molar-refractivity contribution in [1.82, 2.24) is 4.90 Å². The molecule has 5 heteroatoms. The molecule has 21 heavy (non-hydrogen) atoms. The molecule has 0 bridgehead atoms. The van der Waals surface area contributed by atoms with E-state index in [1.165, 1.54) is 4.90 Å². The molecule has 3 rings (SSSR count). The zero-order chi connectivity index (χ0) is 15.0. The summed E-state index contributed by atoms with van der Waals surface area (Å²) in [5, 5.41) is 1.65. The molecule has 0 spiro atoms. The van der Waals surface area contributed by atoms with E-state index >= 15 is 0 Å². The van der Waals surface area contributed by atoms with Crippen LogP contribution in [0.4, 0.5) is 0 Å². The zero-order valence-electron chi connectivity index (χ0n) is 11.6. The highest BCUT2D eigenvalue weighted by molar-refractivity contribution is 9.10. The molecule has 0 saturated carbocycles. The van der Waals surface area contributed by atoms with Crippen LogP contribution >= 0.6 is 15.9 Å². The maximum Gasteiger partial charge on any atom is 0.261 e. The van der Waals surface area contributed by atoms with E-state index in [-0.39, 0.29) is 11.8 Å². The van der Waals surface area contributed by atoms with Gasteiger partial charge in [-0.2, -0.15) is 0 Å². The first-order valence-corrected chi connectivity index (χ1v) is 7.50. The lowest BCUT2D eigenvalue weighted by molar-refractivity contribution is 0.0595. The number of halogens is 1. The zero-order valence-corrected chi connectivity index (χ0v) is 13.1. The maximum atomic E-state index is 12.6. The number of imide groups is 1. The fraction of sp³-hybridized carbons (Fsp3) is 0.250. The van der Waals surface area contributed by atoms with Crippen LogP contribution in [0.3, 0.4) is 0 Å². The molecule has 0 radical (unpaired) electrons. The number of amides is 2. The molecule has 0 atom stereocenters. The van der Waals surface area contributed by atoms with Crippen LogP contribution in [-0.2, 0) is 4.74 Å². The lowest BCUT2D eigenvalue weighted by Gasteiger charge is -2.27. The van der Waals surface area contributed by atoms with Gasteiger partial charge >= 0.3 is 0 Å². The predicted octanol–water partition coefficient (Wildman–Crippen LogP) is 3.23. The summed E-state index contributed by atoms with van der Waals surface area (Å²) < 4.78 is 5.83. The Morgan fingerprint density at radius 3 is 2.67 bits per heavy atom. The first kappa shape index (κ1) is 14.2. The maximum absolute atomic E-state index is 12.6. The third kappa shape index (κ3) is 2.36. The molecule has 0 unspecified atom stereocenters. The Morgan fingerprint density at radius 2 is 1.90 bits per heavy atom. The Hall–Kier alpha value is -1.72. The minimum absolute atomic E-state index is 0.225. The largest absolute Gasteiger partial charge is 0.385 e. The van der Waals surface area contributed by atoms with E-state index in [0.29, 0.717) is 30.7 Å². The first-order valence-electron chi connectivity index (χ1n) is 6.71. The number of ether oxygens (including phenoxy) is 1. The standard InChI is InChI=1S/C16H14BrNO3/c1-21-7-3-6-18-15(19)12-5-2-4-10-8-11(17)9-13(14(10)12)16(18)20/h2,4-5,8-9H,3,6-7H2,1H3. The highest BCUT2D eigenvalue weighted by Gasteiger charge is 2.32. The molecule has 0 saturated heterocycles. The Labute approximate surface area is 130 Å². The van der Waals surface area contributed by atoms with Crippen molar-refractivity contribution in [1.29, 1.82) is 0 Å². The Morgan fingerprint density at radius 1 is 1.14 bits per heavy atom. The molecular weight excluding hydrogens is 334 g/mol. The summed E-state index contributed by atoms with van der Waals surface area (Å²) in [6.07, 6.45) is 0.632. The van der Waals surface area contributed by atoms with Crippen LogP contribution < -0.4 is 0 Å². The molecule has 1 heterocycles. The van der Waals surface area contributed by atoms with Crippen molar-refractivity contribution in [2.75, 3.05) is 20.3 Å². The fourth-order valence-electron chi connectivity index (χ4n) is 2.69. The van der Waals surface area contributed by atoms with Crippen molar-refractivity contribution in [3.63, 3.8) is 0 Å². The van der Waals surface area contributed by atoms with Crippen LogP contribution in [-0.4, -0.2) is 37.0 Å². The minimum Gasteiger partial charge on any atom is -0.385 e. The van der Waals surface area contributed by atoms with Gasteiger partial charge in [-0.3, -0.25) is 14.5 Å². The molecule has 1 aliphatic rings. The molecule has 2 aromatic rings. The second-order valence-electron chi connectivity index (χ2n) is 4.97. The molecule has 2 aromatic carbocycles. The lowest BCUT2D eigenvalue weighted by atomic mass is 9.94. The van der Waals surface area contributed by atoms with Crippen molar-refractivity contribution >= 4 is 38.5 Å². The van der Waals surface area contributed by atoms with Crippen LogP contribution in [0.1, 0.15) is 27.1 Å². The summed E-state index contributed by atoms with van der Waals surface area (Å²) in [5.41, 5.74) is 1.17. The van der Waals surface area contributed by atoms with Gasteiger partial charge in [0.25, 0.3) is 11.8 Å². The van der Waals surface area contributed by atoms with Crippen molar-refractivity contribution in [2.45, 2.75) is 6.42 Å². The topological polar surface area (TPSA) is 46.6 Å². The molecule has 0 aliphatic carbocycles. The quantitative estimate of drug-likeness (QED) is 0.630. The molecule has 1 aliphatic heterocycles. The van der Waals surface area contributed by atoms with Crippen LogP contribution in [0.2, 0.25) is 0 Å². The van der Waals surface area contributed by atoms with E-state index in [2.05, 4.69) is 15.9 Å². The number of hydrogen-bond acceptors (Lipinski definition) is 3. The summed E-state index contributed by atoms with van der Waals surface area (Å²) in [6.45, 7) is 0.889. The van der Waals surface area contributed by atoms with Gasteiger partial charge in [0.05, 0.1) is 0 Å². The summed E-state index contributed by atoms with van der Waals surface area (Å²) in [6, 6.07) is 9.23. The Balaban J connectivity index is 2.11. The van der Waals surface area contributed by atoms with Gasteiger partial charge in [0.2, 0.25) is 0 Å². The highest BCUT2D eigenvalue weighted by Crippen LogP contribution is 2.32. The average Bonchev–Trinajstić information content (AvgIpc) is 2.47. The molecule has 4 nitrogen and oxygen atoms in total. The van der Waals surface area contributed by atoms with Gasteiger partial charge in [-0.15, -0.1) is 0 Å². The number of benzene rings is 2. The van der Waals surface area contributed by atoms with Gasteiger partial charge in [0.15, 0.2) is 0 Å². The molecule has 108 valence electrons. The molecule has 0 aromatic heterocycles. The summed E-state index contributed by atoms with van der Waals surface area (Å²) >= 11 is 3.42. The van der Waals surface area contributed by atoms with Crippen LogP contribution in [0.5, 0.6) is 0 Å².